The maximum atomic E-state index is 9.84. The number of unbranched alkanes of at least 4 members (excludes halogenated alkanes) is 1. The Morgan fingerprint density at radius 1 is 1.31 bits per heavy atom. The highest BCUT2D eigenvalue weighted by Gasteiger charge is 1.93. The van der Waals surface area contributed by atoms with Gasteiger partial charge in [0, 0.05) is 13.2 Å². The van der Waals surface area contributed by atoms with E-state index in [0.717, 1.165) is 12.8 Å². The summed E-state index contributed by atoms with van der Waals surface area (Å²) in [5.74, 6) is -0.897. The molecule has 0 fully saturated rings. The number of carboxylic acids is 1. The summed E-state index contributed by atoms with van der Waals surface area (Å²) in [4.78, 5) is 9.84. The van der Waals surface area contributed by atoms with Crippen molar-refractivity contribution in [3.05, 3.63) is 0 Å². The van der Waals surface area contributed by atoms with Crippen LogP contribution in [-0.4, -0.2) is 48.7 Å². The van der Waals surface area contributed by atoms with E-state index < -0.39 is 5.97 Å². The molecule has 1 atom stereocenters. The summed E-state index contributed by atoms with van der Waals surface area (Å²) >= 11 is 0. The van der Waals surface area contributed by atoms with Crippen molar-refractivity contribution >= 4 is 5.97 Å². The molecule has 0 spiro atoms. The number of aliphatic hydroxyl groups is 1. The van der Waals surface area contributed by atoms with Crippen LogP contribution >= 0.6 is 0 Å². The highest BCUT2D eigenvalue weighted by atomic mass is 16.5. The first-order valence-corrected chi connectivity index (χ1v) is 5.59. The summed E-state index contributed by atoms with van der Waals surface area (Å²) in [6, 6.07) is 0. The first-order chi connectivity index (χ1) is 7.54. The molecule has 16 heavy (non-hydrogen) atoms. The number of rotatable bonds is 8. The Balaban J connectivity index is 0. The third-order valence-corrected chi connectivity index (χ3v) is 1.43. The van der Waals surface area contributed by atoms with Crippen LogP contribution in [0.1, 0.15) is 33.6 Å². The molecule has 0 aliphatic heterocycles. The van der Waals surface area contributed by atoms with Gasteiger partial charge in [0.25, 0.3) is 0 Å². The maximum Gasteiger partial charge on any atom is 0.329 e. The van der Waals surface area contributed by atoms with Crippen molar-refractivity contribution in [2.75, 3.05) is 26.4 Å². The predicted octanol–water partition coefficient (Wildman–Crippen LogP) is 1.29. The van der Waals surface area contributed by atoms with Crippen molar-refractivity contribution in [2.45, 2.75) is 39.7 Å². The lowest BCUT2D eigenvalue weighted by Gasteiger charge is -2.00. The minimum atomic E-state index is -0.897. The molecule has 0 saturated carbocycles. The van der Waals surface area contributed by atoms with Crippen molar-refractivity contribution in [3.63, 3.8) is 0 Å². The molecule has 0 aliphatic rings. The van der Waals surface area contributed by atoms with E-state index in [4.69, 9.17) is 19.7 Å². The van der Waals surface area contributed by atoms with E-state index in [1.807, 2.05) is 13.8 Å². The van der Waals surface area contributed by atoms with Gasteiger partial charge in [0.1, 0.15) is 6.61 Å². The summed E-state index contributed by atoms with van der Waals surface area (Å²) in [5, 5.41) is 16.6. The Kier molecular flexibility index (Phi) is 15.9. The Hall–Kier alpha value is -0.650. The molecular weight excluding hydrogens is 212 g/mol. The van der Waals surface area contributed by atoms with Gasteiger partial charge in [0.05, 0.1) is 12.7 Å². The smallest absolute Gasteiger partial charge is 0.329 e. The zero-order chi connectivity index (χ0) is 12.8. The summed E-state index contributed by atoms with van der Waals surface area (Å²) < 4.78 is 9.58. The molecule has 0 amide bonds. The van der Waals surface area contributed by atoms with Gasteiger partial charge in [0.15, 0.2) is 0 Å². The number of ether oxygens (including phenoxy) is 2. The van der Waals surface area contributed by atoms with Gasteiger partial charge >= 0.3 is 5.97 Å². The van der Waals surface area contributed by atoms with E-state index in [0.29, 0.717) is 19.8 Å². The summed E-state index contributed by atoms with van der Waals surface area (Å²) in [7, 11) is 0. The first-order valence-electron chi connectivity index (χ1n) is 5.59. The first kappa shape index (κ1) is 17.7. The Morgan fingerprint density at radius 2 is 1.94 bits per heavy atom. The molecule has 0 aromatic carbocycles. The molecular formula is C11H24O5. The summed E-state index contributed by atoms with van der Waals surface area (Å²) in [5.41, 5.74) is 0. The second-order valence-corrected chi connectivity index (χ2v) is 3.31. The molecule has 0 aliphatic carbocycles. The van der Waals surface area contributed by atoms with Gasteiger partial charge in [-0.05, 0) is 20.3 Å². The van der Waals surface area contributed by atoms with Crippen LogP contribution in [0.15, 0.2) is 0 Å². The van der Waals surface area contributed by atoms with Crippen molar-refractivity contribution in [1.82, 2.24) is 0 Å². The zero-order valence-electron chi connectivity index (χ0n) is 10.4. The number of hydrogen-bond acceptors (Lipinski definition) is 4. The fourth-order valence-corrected chi connectivity index (χ4v) is 0.694. The largest absolute Gasteiger partial charge is 0.480 e. The molecule has 0 aromatic heterocycles. The van der Waals surface area contributed by atoms with Crippen LogP contribution in [-0.2, 0) is 14.3 Å². The van der Waals surface area contributed by atoms with Gasteiger partial charge in [-0.15, -0.1) is 0 Å². The predicted molar refractivity (Wildman–Crippen MR) is 61.5 cm³/mol. The summed E-state index contributed by atoms with van der Waals surface area (Å²) in [6.45, 7) is 7.17. The molecule has 2 N–H and O–H groups in total. The lowest BCUT2D eigenvalue weighted by atomic mass is 10.4. The number of carbonyl (C=O) groups is 1. The van der Waals surface area contributed by atoms with Crippen LogP contribution in [0, 0.1) is 0 Å². The van der Waals surface area contributed by atoms with E-state index in [2.05, 4.69) is 0 Å². The Labute approximate surface area is 97.4 Å². The van der Waals surface area contributed by atoms with Gasteiger partial charge < -0.3 is 19.7 Å². The SMILES string of the molecule is CCCCOCC(=O)O.CCOCC(C)O. The molecule has 0 aromatic rings. The van der Waals surface area contributed by atoms with Gasteiger partial charge in [-0.2, -0.15) is 0 Å². The number of hydrogen-bond donors (Lipinski definition) is 2. The van der Waals surface area contributed by atoms with Crippen LogP contribution in [0.3, 0.4) is 0 Å². The van der Waals surface area contributed by atoms with Crippen LogP contribution < -0.4 is 0 Å². The van der Waals surface area contributed by atoms with Gasteiger partial charge in [-0.25, -0.2) is 4.79 Å². The number of aliphatic carboxylic acids is 1. The minimum absolute atomic E-state index is 0.167. The molecule has 98 valence electrons. The molecule has 5 nitrogen and oxygen atoms in total. The Morgan fingerprint density at radius 3 is 2.25 bits per heavy atom. The van der Waals surface area contributed by atoms with Gasteiger partial charge in [-0.3, -0.25) is 0 Å². The van der Waals surface area contributed by atoms with Crippen molar-refractivity contribution in [1.29, 1.82) is 0 Å². The normalized spacial score (nSPS) is 11.5. The van der Waals surface area contributed by atoms with Crippen molar-refractivity contribution in [2.24, 2.45) is 0 Å². The lowest BCUT2D eigenvalue weighted by molar-refractivity contribution is -0.142. The van der Waals surface area contributed by atoms with E-state index in [1.54, 1.807) is 6.92 Å². The van der Waals surface area contributed by atoms with Crippen LogP contribution in [0.4, 0.5) is 0 Å². The fraction of sp³-hybridized carbons (Fsp3) is 0.909. The molecule has 0 bridgehead atoms. The quantitative estimate of drug-likeness (QED) is 0.621. The molecule has 0 saturated heterocycles. The van der Waals surface area contributed by atoms with Crippen molar-refractivity contribution < 1.29 is 24.5 Å². The average molecular weight is 236 g/mol. The van der Waals surface area contributed by atoms with E-state index in [-0.39, 0.29) is 12.7 Å². The van der Waals surface area contributed by atoms with Crippen molar-refractivity contribution in [3.8, 4) is 0 Å². The minimum Gasteiger partial charge on any atom is -0.480 e. The maximum absolute atomic E-state index is 9.84. The molecule has 0 radical (unpaired) electrons. The zero-order valence-corrected chi connectivity index (χ0v) is 10.4. The second kappa shape index (κ2) is 14.3. The number of carboxylic acid groups (broad SMARTS) is 1. The Bertz CT molecular complexity index is 147. The van der Waals surface area contributed by atoms with Crippen LogP contribution in [0.2, 0.25) is 0 Å². The third-order valence-electron chi connectivity index (χ3n) is 1.43. The second-order valence-electron chi connectivity index (χ2n) is 3.31. The molecule has 0 rings (SSSR count). The van der Waals surface area contributed by atoms with E-state index in [9.17, 15) is 4.79 Å². The lowest BCUT2D eigenvalue weighted by Crippen LogP contribution is -2.09. The average Bonchev–Trinajstić information content (AvgIpc) is 2.22. The molecule has 5 heteroatoms. The molecule has 1 unspecified atom stereocenters. The highest BCUT2D eigenvalue weighted by Crippen LogP contribution is 1.86. The monoisotopic (exact) mass is 236 g/mol. The standard InChI is InChI=1S/C6H12O3.C5H12O2/c1-2-3-4-9-5-6(7)8;1-3-7-4-5(2)6/h2-5H2,1H3,(H,7,8);5-6H,3-4H2,1-2H3. The topological polar surface area (TPSA) is 76.0 Å². The van der Waals surface area contributed by atoms with Gasteiger partial charge in [0.2, 0.25) is 0 Å². The van der Waals surface area contributed by atoms with E-state index >= 15 is 0 Å². The highest BCUT2D eigenvalue weighted by molar-refractivity contribution is 5.67. The summed E-state index contributed by atoms with van der Waals surface area (Å²) in [6.07, 6.45) is 1.66. The number of aliphatic hydroxyl groups excluding tert-OH is 1. The molecule has 0 heterocycles. The van der Waals surface area contributed by atoms with Crippen LogP contribution in [0.25, 0.3) is 0 Å². The third kappa shape index (κ3) is 23.3. The van der Waals surface area contributed by atoms with Gasteiger partial charge in [-0.1, -0.05) is 13.3 Å². The fourth-order valence-electron chi connectivity index (χ4n) is 0.694. The van der Waals surface area contributed by atoms with Crippen LogP contribution in [0.5, 0.6) is 0 Å². The van der Waals surface area contributed by atoms with E-state index in [1.165, 1.54) is 0 Å².